The molecule has 0 fully saturated rings. The lowest BCUT2D eigenvalue weighted by Crippen LogP contribution is -2.28. The standard InChI is InChI=1S/C15H16F3N/c1-2-5-10-8-12(14(19)15(16,17)18)9-11-6-3-4-7-13(10)11/h3-4,6-9,14H,2,5,19H2,1H3/t14-/m0/s1. The third kappa shape index (κ3) is 2.89. The molecule has 4 heteroatoms. The average Bonchev–Trinajstić information content (AvgIpc) is 2.37. The Balaban J connectivity index is 2.58. The molecule has 0 amide bonds. The predicted octanol–water partition coefficient (Wildman–Crippen LogP) is 4.35. The van der Waals surface area contributed by atoms with Crippen molar-refractivity contribution in [2.45, 2.75) is 32.0 Å². The van der Waals surface area contributed by atoms with E-state index in [2.05, 4.69) is 0 Å². The summed E-state index contributed by atoms with van der Waals surface area (Å²) in [6.07, 6.45) is -2.78. The van der Waals surface area contributed by atoms with Crippen LogP contribution >= 0.6 is 0 Å². The topological polar surface area (TPSA) is 26.0 Å². The van der Waals surface area contributed by atoms with E-state index in [1.165, 1.54) is 6.07 Å². The first kappa shape index (κ1) is 13.9. The van der Waals surface area contributed by atoms with Gasteiger partial charge in [-0.15, -0.1) is 0 Å². The molecule has 2 rings (SSSR count). The van der Waals surface area contributed by atoms with E-state index in [1.54, 1.807) is 6.07 Å². The molecule has 0 saturated heterocycles. The SMILES string of the molecule is CCCc1cc([C@H](N)C(F)(F)F)cc2ccccc12. The first-order chi connectivity index (χ1) is 8.93. The largest absolute Gasteiger partial charge is 0.407 e. The molecular weight excluding hydrogens is 251 g/mol. The summed E-state index contributed by atoms with van der Waals surface area (Å²) in [4.78, 5) is 0. The lowest BCUT2D eigenvalue weighted by molar-refractivity contribution is -0.149. The molecule has 0 radical (unpaired) electrons. The summed E-state index contributed by atoms with van der Waals surface area (Å²) in [5.41, 5.74) is 6.36. The van der Waals surface area contributed by atoms with Crippen LogP contribution in [-0.4, -0.2) is 6.18 Å². The van der Waals surface area contributed by atoms with Crippen LogP contribution in [0.2, 0.25) is 0 Å². The number of alkyl halides is 3. The van der Waals surface area contributed by atoms with Gasteiger partial charge in [0.2, 0.25) is 0 Å². The van der Waals surface area contributed by atoms with E-state index >= 15 is 0 Å². The highest BCUT2D eigenvalue weighted by atomic mass is 19.4. The summed E-state index contributed by atoms with van der Waals surface area (Å²) >= 11 is 0. The maximum Gasteiger partial charge on any atom is 0.407 e. The van der Waals surface area contributed by atoms with E-state index < -0.39 is 12.2 Å². The van der Waals surface area contributed by atoms with E-state index in [9.17, 15) is 13.2 Å². The lowest BCUT2D eigenvalue weighted by atomic mass is 9.95. The molecule has 0 heterocycles. The van der Waals surface area contributed by atoms with Gasteiger partial charge in [0.25, 0.3) is 0 Å². The lowest BCUT2D eigenvalue weighted by Gasteiger charge is -2.18. The first-order valence-electron chi connectivity index (χ1n) is 6.27. The van der Waals surface area contributed by atoms with Crippen LogP contribution in [0.15, 0.2) is 36.4 Å². The Labute approximate surface area is 110 Å². The normalized spacial score (nSPS) is 13.7. The van der Waals surface area contributed by atoms with Crippen LogP contribution in [0.25, 0.3) is 10.8 Å². The molecule has 0 aliphatic rings. The summed E-state index contributed by atoms with van der Waals surface area (Å²) in [5, 5.41) is 1.81. The Morgan fingerprint density at radius 1 is 1.16 bits per heavy atom. The van der Waals surface area contributed by atoms with Gasteiger partial charge < -0.3 is 5.73 Å². The van der Waals surface area contributed by atoms with E-state index in [4.69, 9.17) is 5.73 Å². The average molecular weight is 267 g/mol. The second-order valence-corrected chi connectivity index (χ2v) is 4.67. The van der Waals surface area contributed by atoms with Crippen LogP contribution in [0, 0.1) is 0 Å². The van der Waals surface area contributed by atoms with Crippen molar-refractivity contribution in [3.05, 3.63) is 47.5 Å². The number of hydrogen-bond acceptors (Lipinski definition) is 1. The molecule has 2 aromatic rings. The molecule has 0 aliphatic heterocycles. The maximum atomic E-state index is 12.7. The zero-order valence-electron chi connectivity index (χ0n) is 10.7. The quantitative estimate of drug-likeness (QED) is 0.878. The van der Waals surface area contributed by atoms with Crippen molar-refractivity contribution in [2.24, 2.45) is 5.73 Å². The summed E-state index contributed by atoms with van der Waals surface area (Å²) < 4.78 is 38.2. The molecule has 102 valence electrons. The monoisotopic (exact) mass is 267 g/mol. The summed E-state index contributed by atoms with van der Waals surface area (Å²) in [7, 11) is 0. The predicted molar refractivity (Wildman–Crippen MR) is 70.9 cm³/mol. The van der Waals surface area contributed by atoms with Crippen LogP contribution in [0.3, 0.4) is 0 Å². The van der Waals surface area contributed by atoms with Gasteiger partial charge in [0.1, 0.15) is 6.04 Å². The van der Waals surface area contributed by atoms with Gasteiger partial charge in [0.15, 0.2) is 0 Å². The number of fused-ring (bicyclic) bond motifs is 1. The van der Waals surface area contributed by atoms with E-state index in [0.717, 1.165) is 29.2 Å². The summed E-state index contributed by atoms with van der Waals surface area (Å²) in [6.45, 7) is 2.01. The van der Waals surface area contributed by atoms with E-state index in [-0.39, 0.29) is 5.56 Å². The number of halogens is 3. The van der Waals surface area contributed by atoms with Crippen LogP contribution in [-0.2, 0) is 6.42 Å². The van der Waals surface area contributed by atoms with Gasteiger partial charge >= 0.3 is 6.18 Å². The molecular formula is C15H16F3N. The van der Waals surface area contributed by atoms with Crippen molar-refractivity contribution in [3.8, 4) is 0 Å². The molecule has 0 saturated carbocycles. The molecule has 0 bridgehead atoms. The molecule has 2 N–H and O–H groups in total. The van der Waals surface area contributed by atoms with Crippen molar-refractivity contribution in [1.82, 2.24) is 0 Å². The highest BCUT2D eigenvalue weighted by molar-refractivity contribution is 5.86. The maximum absolute atomic E-state index is 12.7. The second kappa shape index (κ2) is 5.21. The van der Waals surface area contributed by atoms with Crippen molar-refractivity contribution in [2.75, 3.05) is 0 Å². The third-order valence-corrected chi connectivity index (χ3v) is 3.20. The Morgan fingerprint density at radius 3 is 2.47 bits per heavy atom. The van der Waals surface area contributed by atoms with Crippen LogP contribution < -0.4 is 5.73 Å². The number of benzene rings is 2. The van der Waals surface area contributed by atoms with E-state index in [1.807, 2.05) is 31.2 Å². The van der Waals surface area contributed by atoms with Crippen molar-refractivity contribution < 1.29 is 13.2 Å². The molecule has 0 unspecified atom stereocenters. The number of nitrogens with two attached hydrogens (primary N) is 1. The fourth-order valence-corrected chi connectivity index (χ4v) is 2.26. The van der Waals surface area contributed by atoms with Crippen LogP contribution in [0.4, 0.5) is 13.2 Å². The molecule has 0 aliphatic carbocycles. The molecule has 19 heavy (non-hydrogen) atoms. The molecule has 0 spiro atoms. The van der Waals surface area contributed by atoms with Crippen LogP contribution in [0.1, 0.15) is 30.5 Å². The molecule has 1 atom stereocenters. The van der Waals surface area contributed by atoms with Gasteiger partial charge in [-0.2, -0.15) is 13.2 Å². The van der Waals surface area contributed by atoms with E-state index in [0.29, 0.717) is 0 Å². The highest BCUT2D eigenvalue weighted by Crippen LogP contribution is 2.33. The third-order valence-electron chi connectivity index (χ3n) is 3.20. The van der Waals surface area contributed by atoms with Gasteiger partial charge in [0, 0.05) is 0 Å². The highest BCUT2D eigenvalue weighted by Gasteiger charge is 2.38. The fraction of sp³-hybridized carbons (Fsp3) is 0.333. The Hall–Kier alpha value is -1.55. The van der Waals surface area contributed by atoms with Gasteiger partial charge in [-0.25, -0.2) is 0 Å². The molecule has 1 nitrogen and oxygen atoms in total. The number of hydrogen-bond donors (Lipinski definition) is 1. The number of aryl methyl sites for hydroxylation is 1. The molecule has 0 aromatic heterocycles. The van der Waals surface area contributed by atoms with Crippen molar-refractivity contribution in [3.63, 3.8) is 0 Å². The minimum absolute atomic E-state index is 0.134. The zero-order chi connectivity index (χ0) is 14.0. The van der Waals surface area contributed by atoms with Gasteiger partial charge in [-0.05, 0) is 34.4 Å². The Morgan fingerprint density at radius 2 is 1.84 bits per heavy atom. The minimum atomic E-state index is -4.41. The Kier molecular flexibility index (Phi) is 3.80. The first-order valence-corrected chi connectivity index (χ1v) is 6.27. The fourth-order valence-electron chi connectivity index (χ4n) is 2.26. The number of rotatable bonds is 3. The summed E-state index contributed by atoms with van der Waals surface area (Å²) in [6, 6.07) is 8.67. The van der Waals surface area contributed by atoms with Crippen molar-refractivity contribution >= 4 is 10.8 Å². The van der Waals surface area contributed by atoms with Gasteiger partial charge in [-0.1, -0.05) is 43.7 Å². The molecule has 2 aromatic carbocycles. The summed E-state index contributed by atoms with van der Waals surface area (Å²) in [5.74, 6) is 0. The van der Waals surface area contributed by atoms with Gasteiger partial charge in [-0.3, -0.25) is 0 Å². The van der Waals surface area contributed by atoms with Gasteiger partial charge in [0.05, 0.1) is 0 Å². The zero-order valence-corrected chi connectivity index (χ0v) is 10.7. The Bertz CT molecular complexity index is 575. The second-order valence-electron chi connectivity index (χ2n) is 4.67. The van der Waals surface area contributed by atoms with Crippen LogP contribution in [0.5, 0.6) is 0 Å². The van der Waals surface area contributed by atoms with Crippen molar-refractivity contribution in [1.29, 1.82) is 0 Å². The smallest absolute Gasteiger partial charge is 0.316 e. The minimum Gasteiger partial charge on any atom is -0.316 e.